The van der Waals surface area contributed by atoms with Crippen molar-refractivity contribution >= 4 is 0 Å². The molecule has 1 aliphatic heterocycles. The fraction of sp³-hybridized carbons (Fsp3) is 0.789. The summed E-state index contributed by atoms with van der Waals surface area (Å²) >= 11 is 0. The minimum absolute atomic E-state index is 0.275. The van der Waals surface area contributed by atoms with Crippen LogP contribution in [0.5, 0.6) is 0 Å². The number of aliphatic hydroxyl groups is 5. The molecule has 5 N–H and O–H groups in total. The first-order valence-electron chi connectivity index (χ1n) is 8.92. The standard InChI is InChI=1S/C19H30O7/c1-10-7-12(8-19(3,4)13(10)6-5-11(2)21)25-18-17(24)16(23)15(22)14(9-20)26-18/h11-12,14-18,20-24H,7-9H2,1-4H3/t11-,12-,14-,15-,16+,17-,18-/m1/s1. The summed E-state index contributed by atoms with van der Waals surface area (Å²) in [5, 5.41) is 48.6. The van der Waals surface area contributed by atoms with E-state index in [1.165, 1.54) is 0 Å². The summed E-state index contributed by atoms with van der Waals surface area (Å²) in [6.45, 7) is 7.15. The highest BCUT2D eigenvalue weighted by Gasteiger charge is 2.45. The SMILES string of the molecule is CC1=C(C#C[C@@H](C)O)C(C)(C)C[C@H](O[C@@H]2O[C@H](CO)[C@@H](O)[C@H](O)[C@H]2O)C1. The van der Waals surface area contributed by atoms with Crippen LogP contribution in [-0.4, -0.2) is 75.1 Å². The third kappa shape index (κ3) is 4.65. The monoisotopic (exact) mass is 370 g/mol. The number of aliphatic hydroxyl groups excluding tert-OH is 5. The summed E-state index contributed by atoms with van der Waals surface area (Å²) in [6, 6.07) is 0. The molecular weight excluding hydrogens is 340 g/mol. The van der Waals surface area contributed by atoms with E-state index in [9.17, 15) is 25.5 Å². The topological polar surface area (TPSA) is 120 Å². The molecular formula is C19H30O7. The van der Waals surface area contributed by atoms with Crippen LogP contribution in [0, 0.1) is 17.3 Å². The summed E-state index contributed by atoms with van der Waals surface area (Å²) in [5.74, 6) is 5.84. The first kappa shape index (κ1) is 21.3. The summed E-state index contributed by atoms with van der Waals surface area (Å²) in [7, 11) is 0. The molecule has 2 rings (SSSR count). The molecule has 0 amide bonds. The van der Waals surface area contributed by atoms with E-state index < -0.39 is 43.4 Å². The Kier molecular flexibility index (Phi) is 6.86. The van der Waals surface area contributed by atoms with Gasteiger partial charge in [0.1, 0.15) is 30.5 Å². The fourth-order valence-corrected chi connectivity index (χ4v) is 3.68. The van der Waals surface area contributed by atoms with E-state index in [1.54, 1.807) is 6.92 Å². The molecule has 0 aromatic rings. The van der Waals surface area contributed by atoms with E-state index in [1.807, 2.05) is 20.8 Å². The molecule has 1 aliphatic carbocycles. The molecule has 0 spiro atoms. The molecule has 0 aromatic carbocycles. The van der Waals surface area contributed by atoms with E-state index in [4.69, 9.17) is 9.47 Å². The quantitative estimate of drug-likeness (QED) is 0.432. The molecule has 7 heteroatoms. The molecule has 26 heavy (non-hydrogen) atoms. The number of allylic oxidation sites excluding steroid dienone is 1. The number of ether oxygens (including phenoxy) is 2. The van der Waals surface area contributed by atoms with Gasteiger partial charge in [0.15, 0.2) is 6.29 Å². The van der Waals surface area contributed by atoms with Crippen molar-refractivity contribution in [3.63, 3.8) is 0 Å². The molecule has 1 heterocycles. The van der Waals surface area contributed by atoms with Crippen LogP contribution >= 0.6 is 0 Å². The van der Waals surface area contributed by atoms with Crippen molar-refractivity contribution in [2.45, 2.75) is 83.5 Å². The second-order valence-electron chi connectivity index (χ2n) is 7.85. The van der Waals surface area contributed by atoms with Gasteiger partial charge in [-0.1, -0.05) is 31.3 Å². The zero-order valence-electron chi connectivity index (χ0n) is 15.7. The van der Waals surface area contributed by atoms with Gasteiger partial charge in [0.2, 0.25) is 0 Å². The molecule has 7 nitrogen and oxygen atoms in total. The number of hydrogen-bond donors (Lipinski definition) is 5. The van der Waals surface area contributed by atoms with E-state index in [2.05, 4.69) is 11.8 Å². The van der Waals surface area contributed by atoms with Gasteiger partial charge in [0.05, 0.1) is 12.7 Å². The average molecular weight is 370 g/mol. The first-order valence-corrected chi connectivity index (χ1v) is 8.92. The van der Waals surface area contributed by atoms with Crippen LogP contribution in [0.2, 0.25) is 0 Å². The van der Waals surface area contributed by atoms with Crippen LogP contribution in [0.1, 0.15) is 40.5 Å². The minimum Gasteiger partial charge on any atom is -0.394 e. The van der Waals surface area contributed by atoms with Crippen LogP contribution in [0.15, 0.2) is 11.1 Å². The van der Waals surface area contributed by atoms with Crippen LogP contribution in [0.3, 0.4) is 0 Å². The zero-order chi connectivity index (χ0) is 19.6. The number of hydrogen-bond acceptors (Lipinski definition) is 7. The van der Waals surface area contributed by atoms with Crippen LogP contribution in [0.25, 0.3) is 0 Å². The van der Waals surface area contributed by atoms with Crippen molar-refractivity contribution in [3.8, 4) is 11.8 Å². The van der Waals surface area contributed by atoms with Crippen LogP contribution in [0.4, 0.5) is 0 Å². The van der Waals surface area contributed by atoms with Crippen molar-refractivity contribution in [3.05, 3.63) is 11.1 Å². The largest absolute Gasteiger partial charge is 0.394 e. The maximum atomic E-state index is 10.1. The van der Waals surface area contributed by atoms with E-state index in [0.29, 0.717) is 12.8 Å². The van der Waals surface area contributed by atoms with Gasteiger partial charge in [0, 0.05) is 11.0 Å². The molecule has 0 saturated carbocycles. The molecule has 0 aromatic heterocycles. The Morgan fingerprint density at radius 2 is 1.88 bits per heavy atom. The van der Waals surface area contributed by atoms with Crippen LogP contribution < -0.4 is 0 Å². The second-order valence-corrected chi connectivity index (χ2v) is 7.85. The highest BCUT2D eigenvalue weighted by molar-refractivity contribution is 5.40. The van der Waals surface area contributed by atoms with Gasteiger partial charge in [-0.2, -0.15) is 0 Å². The van der Waals surface area contributed by atoms with Gasteiger partial charge in [-0.15, -0.1) is 0 Å². The number of rotatable bonds is 3. The van der Waals surface area contributed by atoms with Gasteiger partial charge < -0.3 is 35.0 Å². The van der Waals surface area contributed by atoms with Gasteiger partial charge in [-0.05, 0) is 26.7 Å². The predicted octanol–water partition coefficient (Wildman–Crippen LogP) is -0.308. The lowest BCUT2D eigenvalue weighted by Gasteiger charge is -2.43. The average Bonchev–Trinajstić information content (AvgIpc) is 2.53. The first-order chi connectivity index (χ1) is 12.1. The second kappa shape index (κ2) is 8.36. The Morgan fingerprint density at radius 3 is 2.42 bits per heavy atom. The molecule has 148 valence electrons. The summed E-state index contributed by atoms with van der Waals surface area (Å²) < 4.78 is 11.3. The fourth-order valence-electron chi connectivity index (χ4n) is 3.68. The molecule has 0 bridgehead atoms. The molecule has 2 aliphatic rings. The van der Waals surface area contributed by atoms with Crippen molar-refractivity contribution < 1.29 is 35.0 Å². The van der Waals surface area contributed by atoms with E-state index in [0.717, 1.165) is 11.1 Å². The molecule has 0 radical (unpaired) electrons. The van der Waals surface area contributed by atoms with Gasteiger partial charge in [-0.25, -0.2) is 0 Å². The summed E-state index contributed by atoms with van der Waals surface area (Å²) in [6.07, 6.45) is -6.17. The molecule has 1 saturated heterocycles. The van der Waals surface area contributed by atoms with Crippen LogP contribution in [-0.2, 0) is 9.47 Å². The molecule has 1 fully saturated rings. The lowest BCUT2D eigenvalue weighted by Crippen LogP contribution is -2.59. The normalized spacial score (nSPS) is 38.5. The lowest BCUT2D eigenvalue weighted by atomic mass is 9.71. The van der Waals surface area contributed by atoms with Crippen molar-refractivity contribution in [2.75, 3.05) is 6.61 Å². The van der Waals surface area contributed by atoms with Gasteiger partial charge >= 0.3 is 0 Å². The maximum absolute atomic E-state index is 10.1. The minimum atomic E-state index is -1.45. The molecule has 0 unspecified atom stereocenters. The Labute approximate surface area is 154 Å². The highest BCUT2D eigenvalue weighted by Crippen LogP contribution is 2.41. The van der Waals surface area contributed by atoms with E-state index in [-0.39, 0.29) is 11.5 Å². The Bertz CT molecular complexity index is 584. The molecule has 7 atom stereocenters. The van der Waals surface area contributed by atoms with Crippen molar-refractivity contribution in [1.82, 2.24) is 0 Å². The van der Waals surface area contributed by atoms with Crippen molar-refractivity contribution in [1.29, 1.82) is 0 Å². The Hall–Kier alpha value is -0.980. The third-order valence-corrected chi connectivity index (χ3v) is 4.96. The zero-order valence-corrected chi connectivity index (χ0v) is 15.7. The Morgan fingerprint density at radius 1 is 1.23 bits per heavy atom. The van der Waals surface area contributed by atoms with Gasteiger partial charge in [0.25, 0.3) is 0 Å². The van der Waals surface area contributed by atoms with Crippen molar-refractivity contribution in [2.24, 2.45) is 5.41 Å². The van der Waals surface area contributed by atoms with Gasteiger partial charge in [-0.3, -0.25) is 0 Å². The lowest BCUT2D eigenvalue weighted by molar-refractivity contribution is -0.312. The predicted molar refractivity (Wildman–Crippen MR) is 93.8 cm³/mol. The highest BCUT2D eigenvalue weighted by atomic mass is 16.7. The summed E-state index contributed by atoms with van der Waals surface area (Å²) in [5.41, 5.74) is 1.71. The summed E-state index contributed by atoms with van der Waals surface area (Å²) in [4.78, 5) is 0. The maximum Gasteiger partial charge on any atom is 0.186 e. The third-order valence-electron chi connectivity index (χ3n) is 4.96. The Balaban J connectivity index is 2.13. The smallest absolute Gasteiger partial charge is 0.186 e. The van der Waals surface area contributed by atoms with E-state index >= 15 is 0 Å².